The van der Waals surface area contributed by atoms with Crippen LogP contribution in [0, 0.1) is 12.8 Å². The summed E-state index contributed by atoms with van der Waals surface area (Å²) in [7, 11) is 0. The monoisotopic (exact) mass is 240 g/mol. The molecule has 0 fully saturated rings. The Morgan fingerprint density at radius 3 is 2.59 bits per heavy atom. The lowest BCUT2D eigenvalue weighted by Gasteiger charge is -2.22. The number of aliphatic hydroxyl groups is 1. The summed E-state index contributed by atoms with van der Waals surface area (Å²) in [6.45, 7) is 9.05. The van der Waals surface area contributed by atoms with Crippen molar-refractivity contribution in [1.29, 1.82) is 0 Å². The highest BCUT2D eigenvalue weighted by Gasteiger charge is 2.18. The summed E-state index contributed by atoms with van der Waals surface area (Å²) in [6.07, 6.45) is 1.00. The maximum atomic E-state index is 9.34. The van der Waals surface area contributed by atoms with E-state index in [9.17, 15) is 5.11 Å². The van der Waals surface area contributed by atoms with Crippen molar-refractivity contribution in [3.05, 3.63) is 5.69 Å². The van der Waals surface area contributed by atoms with Crippen molar-refractivity contribution in [3.8, 4) is 0 Å². The van der Waals surface area contributed by atoms with Gasteiger partial charge in [-0.1, -0.05) is 20.8 Å². The third-order valence-electron chi connectivity index (χ3n) is 2.93. The van der Waals surface area contributed by atoms with Crippen LogP contribution < -0.4 is 11.1 Å². The van der Waals surface area contributed by atoms with Gasteiger partial charge in [0, 0.05) is 6.54 Å². The van der Waals surface area contributed by atoms with E-state index >= 15 is 0 Å². The topological polar surface area (TPSA) is 76.1 Å². The minimum Gasteiger partial charge on any atom is -0.394 e. The molecule has 0 aliphatic rings. The van der Waals surface area contributed by atoms with E-state index in [-0.39, 0.29) is 12.6 Å². The highest BCUT2D eigenvalue weighted by atomic mass is 16.3. The Hall–Kier alpha value is -1.23. The average Bonchev–Trinajstić information content (AvgIpc) is 2.52. The molecule has 0 aliphatic carbocycles. The molecule has 1 rings (SSSR count). The van der Waals surface area contributed by atoms with E-state index < -0.39 is 0 Å². The first-order valence-electron chi connectivity index (χ1n) is 6.21. The fourth-order valence-corrected chi connectivity index (χ4v) is 1.72. The molecule has 0 bridgehead atoms. The van der Waals surface area contributed by atoms with Gasteiger partial charge in [0.15, 0.2) is 0 Å². The molecule has 5 heteroatoms. The highest BCUT2D eigenvalue weighted by molar-refractivity contribution is 5.65. The SMILES string of the molecule is CCCn1nc(C)c(N)c1NC(CO)C(C)C. The van der Waals surface area contributed by atoms with Crippen LogP contribution in [0.1, 0.15) is 32.9 Å². The normalized spacial score (nSPS) is 13.1. The van der Waals surface area contributed by atoms with Crippen LogP contribution in [0.3, 0.4) is 0 Å². The first-order valence-corrected chi connectivity index (χ1v) is 6.21. The Kier molecular flexibility index (Phi) is 4.81. The van der Waals surface area contributed by atoms with Crippen molar-refractivity contribution in [2.24, 2.45) is 5.92 Å². The van der Waals surface area contributed by atoms with Gasteiger partial charge in [-0.05, 0) is 19.3 Å². The molecule has 0 saturated carbocycles. The minimum atomic E-state index is 0.00371. The van der Waals surface area contributed by atoms with Crippen molar-refractivity contribution >= 4 is 11.5 Å². The maximum Gasteiger partial charge on any atom is 0.148 e. The van der Waals surface area contributed by atoms with Crippen molar-refractivity contribution in [3.63, 3.8) is 0 Å². The van der Waals surface area contributed by atoms with Crippen LogP contribution >= 0.6 is 0 Å². The highest BCUT2D eigenvalue weighted by Crippen LogP contribution is 2.24. The van der Waals surface area contributed by atoms with Crippen LogP contribution in [0.15, 0.2) is 0 Å². The third-order valence-corrected chi connectivity index (χ3v) is 2.93. The number of rotatable bonds is 6. The predicted molar refractivity (Wildman–Crippen MR) is 71.0 cm³/mol. The number of anilines is 2. The molecule has 1 heterocycles. The van der Waals surface area contributed by atoms with Crippen molar-refractivity contribution < 1.29 is 5.11 Å². The molecule has 1 aromatic heterocycles. The number of nitrogen functional groups attached to an aromatic ring is 1. The van der Waals surface area contributed by atoms with Crippen molar-refractivity contribution in [2.45, 2.75) is 46.7 Å². The van der Waals surface area contributed by atoms with Gasteiger partial charge in [0.1, 0.15) is 5.82 Å². The average molecular weight is 240 g/mol. The van der Waals surface area contributed by atoms with Crippen molar-refractivity contribution in [2.75, 3.05) is 17.7 Å². The number of nitrogens with one attached hydrogen (secondary N) is 1. The summed E-state index contributed by atoms with van der Waals surface area (Å²) < 4.78 is 1.88. The summed E-state index contributed by atoms with van der Waals surface area (Å²) in [6, 6.07) is 0.00371. The Bertz CT molecular complexity index is 360. The van der Waals surface area contributed by atoms with E-state index in [1.807, 2.05) is 11.6 Å². The number of aryl methyl sites for hydroxylation is 2. The summed E-state index contributed by atoms with van der Waals surface area (Å²) in [4.78, 5) is 0. The Morgan fingerprint density at radius 1 is 1.47 bits per heavy atom. The van der Waals surface area contributed by atoms with Gasteiger partial charge in [-0.2, -0.15) is 5.10 Å². The van der Waals surface area contributed by atoms with E-state index in [0.29, 0.717) is 11.6 Å². The molecule has 0 spiro atoms. The number of nitrogens with zero attached hydrogens (tertiary/aromatic N) is 2. The number of aromatic nitrogens is 2. The van der Waals surface area contributed by atoms with Gasteiger partial charge in [0.05, 0.1) is 24.0 Å². The van der Waals surface area contributed by atoms with Gasteiger partial charge in [-0.3, -0.25) is 0 Å². The van der Waals surface area contributed by atoms with Crippen LogP contribution in [-0.4, -0.2) is 27.5 Å². The van der Waals surface area contributed by atoms with Crippen LogP contribution in [0.5, 0.6) is 0 Å². The van der Waals surface area contributed by atoms with E-state index in [0.717, 1.165) is 24.5 Å². The van der Waals surface area contributed by atoms with Crippen LogP contribution in [0.4, 0.5) is 11.5 Å². The zero-order valence-corrected chi connectivity index (χ0v) is 11.2. The molecule has 4 N–H and O–H groups in total. The van der Waals surface area contributed by atoms with Crippen LogP contribution in [-0.2, 0) is 6.54 Å². The standard InChI is InChI=1S/C12H24N4O/c1-5-6-16-12(11(13)9(4)15-16)14-10(7-17)8(2)3/h8,10,14,17H,5-7,13H2,1-4H3. The molecule has 0 radical (unpaired) electrons. The van der Waals surface area contributed by atoms with Gasteiger partial charge in [-0.25, -0.2) is 4.68 Å². The predicted octanol–water partition coefficient (Wildman–Crippen LogP) is 1.61. The molecule has 98 valence electrons. The van der Waals surface area contributed by atoms with E-state index in [1.54, 1.807) is 0 Å². The largest absolute Gasteiger partial charge is 0.394 e. The fraction of sp³-hybridized carbons (Fsp3) is 0.750. The summed E-state index contributed by atoms with van der Waals surface area (Å²) in [5.74, 6) is 1.17. The second-order valence-electron chi connectivity index (χ2n) is 4.75. The van der Waals surface area contributed by atoms with Gasteiger partial charge in [0.25, 0.3) is 0 Å². The lowest BCUT2D eigenvalue weighted by Crippen LogP contribution is -2.31. The molecule has 0 saturated heterocycles. The molecule has 17 heavy (non-hydrogen) atoms. The first kappa shape index (κ1) is 13.8. The zero-order valence-electron chi connectivity index (χ0n) is 11.2. The molecule has 0 aromatic carbocycles. The van der Waals surface area contributed by atoms with E-state index in [4.69, 9.17) is 5.73 Å². The molecule has 1 atom stereocenters. The fourth-order valence-electron chi connectivity index (χ4n) is 1.72. The summed E-state index contributed by atoms with van der Waals surface area (Å²) in [5.41, 5.74) is 7.52. The third kappa shape index (κ3) is 3.12. The second kappa shape index (κ2) is 5.91. The molecule has 1 unspecified atom stereocenters. The Balaban J connectivity index is 2.95. The van der Waals surface area contributed by atoms with Crippen molar-refractivity contribution in [1.82, 2.24) is 9.78 Å². The quantitative estimate of drug-likeness (QED) is 0.706. The summed E-state index contributed by atoms with van der Waals surface area (Å²) >= 11 is 0. The van der Waals surface area contributed by atoms with Gasteiger partial charge in [0.2, 0.25) is 0 Å². The van der Waals surface area contributed by atoms with E-state index in [2.05, 4.69) is 31.2 Å². The Labute approximate surface area is 103 Å². The lowest BCUT2D eigenvalue weighted by atomic mass is 10.1. The first-order chi connectivity index (χ1) is 8.01. The molecule has 0 aliphatic heterocycles. The van der Waals surface area contributed by atoms with Gasteiger partial charge in [-0.15, -0.1) is 0 Å². The lowest BCUT2D eigenvalue weighted by molar-refractivity contribution is 0.248. The van der Waals surface area contributed by atoms with Gasteiger partial charge < -0.3 is 16.2 Å². The maximum absolute atomic E-state index is 9.34. The second-order valence-corrected chi connectivity index (χ2v) is 4.75. The molecule has 0 amide bonds. The molecule has 1 aromatic rings. The number of nitrogens with two attached hydrogens (primary N) is 1. The number of hydrogen-bond donors (Lipinski definition) is 3. The van der Waals surface area contributed by atoms with Crippen LogP contribution in [0.25, 0.3) is 0 Å². The minimum absolute atomic E-state index is 0.00371. The molecular weight excluding hydrogens is 216 g/mol. The number of aliphatic hydroxyl groups excluding tert-OH is 1. The van der Waals surface area contributed by atoms with Gasteiger partial charge >= 0.3 is 0 Å². The molecular formula is C12H24N4O. The Morgan fingerprint density at radius 2 is 2.12 bits per heavy atom. The van der Waals surface area contributed by atoms with E-state index in [1.165, 1.54) is 0 Å². The molecule has 5 nitrogen and oxygen atoms in total. The zero-order chi connectivity index (χ0) is 13.0. The smallest absolute Gasteiger partial charge is 0.148 e. The summed E-state index contributed by atoms with van der Waals surface area (Å²) in [5, 5.41) is 17.0. The van der Waals surface area contributed by atoms with Crippen LogP contribution in [0.2, 0.25) is 0 Å². The number of hydrogen-bond acceptors (Lipinski definition) is 4.